The smallest absolute Gasteiger partial charge is 0.248 e. The maximum atomic E-state index is 12.6. The average Bonchev–Trinajstić information content (AvgIpc) is 3.09. The number of carbonyl (C=O) groups is 1. The lowest BCUT2D eigenvalue weighted by molar-refractivity contribution is -0.138. The molecule has 0 spiro atoms. The van der Waals surface area contributed by atoms with Crippen LogP contribution >= 0.6 is 0 Å². The number of benzene rings is 2. The van der Waals surface area contributed by atoms with E-state index in [0.717, 1.165) is 44.2 Å². The van der Waals surface area contributed by atoms with Gasteiger partial charge in [0.1, 0.15) is 36.9 Å². The molecule has 0 aromatic heterocycles. The van der Waals surface area contributed by atoms with Crippen LogP contribution in [0.1, 0.15) is 5.56 Å². The van der Waals surface area contributed by atoms with Gasteiger partial charge in [0.2, 0.25) is 5.91 Å². The highest BCUT2D eigenvalue weighted by atomic mass is 16.5. The van der Waals surface area contributed by atoms with Crippen molar-refractivity contribution in [2.45, 2.75) is 12.1 Å². The van der Waals surface area contributed by atoms with Crippen molar-refractivity contribution in [3.63, 3.8) is 0 Å². The second-order valence-corrected chi connectivity index (χ2v) is 9.73. The Morgan fingerprint density at radius 1 is 0.919 bits per heavy atom. The van der Waals surface area contributed by atoms with Gasteiger partial charge in [-0.05, 0) is 29.8 Å². The van der Waals surface area contributed by atoms with E-state index in [2.05, 4.69) is 21.9 Å². The number of hydrogen-bond donors (Lipinski definition) is 1. The standard InChI is InChI=1S/C28H39N3O6/c1-34-20-27(32)31-12-11-30(21-28(33,22-31)23-37-25-5-3-2-4-6-25)19-24-7-9-26(10-8-24)36-18-15-29-13-16-35-17-14-29/h2-10,33H,11-23H2,1H3/t28-/m1/s1. The third-order valence-corrected chi connectivity index (χ3v) is 6.67. The van der Waals surface area contributed by atoms with Gasteiger partial charge in [-0.2, -0.15) is 0 Å². The van der Waals surface area contributed by atoms with Crippen LogP contribution in [-0.4, -0.2) is 117 Å². The number of amides is 1. The molecule has 202 valence electrons. The van der Waals surface area contributed by atoms with Gasteiger partial charge in [0.05, 0.1) is 19.8 Å². The zero-order valence-electron chi connectivity index (χ0n) is 21.7. The molecule has 9 nitrogen and oxygen atoms in total. The summed E-state index contributed by atoms with van der Waals surface area (Å²) in [6.45, 7) is 7.46. The highest BCUT2D eigenvalue weighted by Gasteiger charge is 2.37. The van der Waals surface area contributed by atoms with Gasteiger partial charge < -0.3 is 29.0 Å². The van der Waals surface area contributed by atoms with Crippen molar-refractivity contribution >= 4 is 5.91 Å². The number of aliphatic hydroxyl groups is 1. The Morgan fingerprint density at radius 3 is 2.38 bits per heavy atom. The molecule has 37 heavy (non-hydrogen) atoms. The molecular weight excluding hydrogens is 474 g/mol. The van der Waals surface area contributed by atoms with Crippen LogP contribution in [0.4, 0.5) is 0 Å². The maximum absolute atomic E-state index is 12.6. The number of methoxy groups -OCH3 is 1. The van der Waals surface area contributed by atoms with E-state index < -0.39 is 5.60 Å². The second kappa shape index (κ2) is 13.7. The van der Waals surface area contributed by atoms with Gasteiger partial charge in [0, 0.05) is 52.9 Å². The molecule has 1 N–H and O–H groups in total. The van der Waals surface area contributed by atoms with Crippen LogP contribution in [0.25, 0.3) is 0 Å². The maximum Gasteiger partial charge on any atom is 0.248 e. The molecule has 2 fully saturated rings. The number of morpholine rings is 1. The lowest BCUT2D eigenvalue weighted by Crippen LogP contribution is -2.52. The molecule has 0 unspecified atom stereocenters. The van der Waals surface area contributed by atoms with Gasteiger partial charge >= 0.3 is 0 Å². The van der Waals surface area contributed by atoms with E-state index >= 15 is 0 Å². The minimum atomic E-state index is -1.22. The summed E-state index contributed by atoms with van der Waals surface area (Å²) in [4.78, 5) is 18.8. The fourth-order valence-electron chi connectivity index (χ4n) is 4.70. The molecule has 2 heterocycles. The Morgan fingerprint density at radius 2 is 1.65 bits per heavy atom. The van der Waals surface area contributed by atoms with E-state index in [0.29, 0.717) is 38.5 Å². The third kappa shape index (κ3) is 8.69. The van der Waals surface area contributed by atoms with Crippen molar-refractivity contribution < 1.29 is 28.8 Å². The minimum absolute atomic E-state index is 0.0113. The van der Waals surface area contributed by atoms with Gasteiger partial charge in [-0.3, -0.25) is 14.6 Å². The summed E-state index contributed by atoms with van der Waals surface area (Å²) < 4.78 is 22.3. The van der Waals surface area contributed by atoms with Gasteiger partial charge in [0.15, 0.2) is 0 Å². The van der Waals surface area contributed by atoms with Gasteiger partial charge in [-0.1, -0.05) is 30.3 Å². The molecule has 2 aromatic carbocycles. The number of rotatable bonds is 11. The molecule has 2 saturated heterocycles. The Balaban J connectivity index is 1.34. The molecular formula is C28H39N3O6. The molecule has 2 aliphatic rings. The van der Waals surface area contributed by atoms with Crippen LogP contribution < -0.4 is 9.47 Å². The summed E-state index contributed by atoms with van der Waals surface area (Å²) in [5.74, 6) is 1.39. The molecule has 0 radical (unpaired) electrons. The van der Waals surface area contributed by atoms with Gasteiger partial charge in [0.25, 0.3) is 0 Å². The minimum Gasteiger partial charge on any atom is -0.492 e. The monoisotopic (exact) mass is 513 g/mol. The largest absolute Gasteiger partial charge is 0.492 e. The number of para-hydroxylation sites is 1. The van der Waals surface area contributed by atoms with E-state index in [1.165, 1.54) is 7.11 Å². The van der Waals surface area contributed by atoms with Crippen LogP contribution in [0.2, 0.25) is 0 Å². The molecule has 2 aliphatic heterocycles. The number of nitrogens with zero attached hydrogens (tertiary/aromatic N) is 3. The normalized spacial score (nSPS) is 21.4. The van der Waals surface area contributed by atoms with E-state index in [9.17, 15) is 9.90 Å². The number of β-amino-alcohol motifs (C(OH)–C–C–N with tert-alkyl or cyclic N) is 1. The van der Waals surface area contributed by atoms with Crippen molar-refractivity contribution in [1.29, 1.82) is 0 Å². The van der Waals surface area contributed by atoms with Crippen molar-refractivity contribution in [2.24, 2.45) is 0 Å². The Kier molecular flexibility index (Phi) is 10.2. The Hall–Kier alpha value is -2.69. The highest BCUT2D eigenvalue weighted by molar-refractivity contribution is 5.77. The second-order valence-electron chi connectivity index (χ2n) is 9.73. The quantitative estimate of drug-likeness (QED) is 0.484. The average molecular weight is 514 g/mol. The first-order chi connectivity index (χ1) is 18.0. The Bertz CT molecular complexity index is 954. The summed E-state index contributed by atoms with van der Waals surface area (Å²) >= 11 is 0. The third-order valence-electron chi connectivity index (χ3n) is 6.67. The zero-order valence-corrected chi connectivity index (χ0v) is 21.7. The van der Waals surface area contributed by atoms with Crippen LogP contribution in [-0.2, 0) is 20.8 Å². The molecule has 0 bridgehead atoms. The van der Waals surface area contributed by atoms with E-state index in [1.54, 1.807) is 4.90 Å². The lowest BCUT2D eigenvalue weighted by Gasteiger charge is -2.33. The van der Waals surface area contributed by atoms with Crippen LogP contribution in [0.15, 0.2) is 54.6 Å². The van der Waals surface area contributed by atoms with E-state index in [-0.39, 0.29) is 25.7 Å². The SMILES string of the molecule is COCC(=O)N1CCN(Cc2ccc(OCCN3CCOCC3)cc2)C[C@](O)(COc2ccccc2)C1. The van der Waals surface area contributed by atoms with Crippen LogP contribution in [0.5, 0.6) is 11.5 Å². The van der Waals surface area contributed by atoms with Crippen LogP contribution in [0.3, 0.4) is 0 Å². The van der Waals surface area contributed by atoms with Gasteiger partial charge in [-0.15, -0.1) is 0 Å². The number of hydrogen-bond acceptors (Lipinski definition) is 8. The summed E-state index contributed by atoms with van der Waals surface area (Å²) in [6, 6.07) is 17.5. The molecule has 2 aromatic rings. The topological polar surface area (TPSA) is 83.9 Å². The summed E-state index contributed by atoms with van der Waals surface area (Å²) in [7, 11) is 1.50. The molecule has 9 heteroatoms. The van der Waals surface area contributed by atoms with Crippen LogP contribution in [0, 0.1) is 0 Å². The van der Waals surface area contributed by atoms with Crippen molar-refractivity contribution in [3.05, 3.63) is 60.2 Å². The molecule has 1 atom stereocenters. The van der Waals surface area contributed by atoms with Crippen molar-refractivity contribution in [2.75, 3.05) is 86.0 Å². The fourth-order valence-corrected chi connectivity index (χ4v) is 4.70. The van der Waals surface area contributed by atoms with E-state index in [4.69, 9.17) is 18.9 Å². The van der Waals surface area contributed by atoms with Crippen molar-refractivity contribution in [3.8, 4) is 11.5 Å². The fraction of sp³-hybridized carbons (Fsp3) is 0.536. The predicted octanol–water partition coefficient (Wildman–Crippen LogP) is 1.50. The molecule has 4 rings (SSSR count). The van der Waals surface area contributed by atoms with Crippen molar-refractivity contribution in [1.82, 2.24) is 14.7 Å². The Labute approximate surface area is 219 Å². The molecule has 0 saturated carbocycles. The lowest BCUT2D eigenvalue weighted by atomic mass is 10.0. The van der Waals surface area contributed by atoms with Gasteiger partial charge in [-0.25, -0.2) is 0 Å². The summed E-state index contributed by atoms with van der Waals surface area (Å²) in [5, 5.41) is 11.6. The molecule has 0 aliphatic carbocycles. The summed E-state index contributed by atoms with van der Waals surface area (Å²) in [6.07, 6.45) is 0. The first-order valence-corrected chi connectivity index (χ1v) is 12.9. The first kappa shape index (κ1) is 27.3. The van der Waals surface area contributed by atoms with E-state index in [1.807, 2.05) is 42.5 Å². The first-order valence-electron chi connectivity index (χ1n) is 12.9. The summed E-state index contributed by atoms with van der Waals surface area (Å²) in [5.41, 5.74) is -0.110. The zero-order chi connectivity index (χ0) is 25.9. The predicted molar refractivity (Wildman–Crippen MR) is 140 cm³/mol. The molecule has 1 amide bonds. The number of ether oxygens (including phenoxy) is 4. The highest BCUT2D eigenvalue weighted by Crippen LogP contribution is 2.21. The number of carbonyl (C=O) groups excluding carboxylic acids is 1.